The molecule has 0 aliphatic heterocycles. The molecule has 4 heteroatoms. The summed E-state index contributed by atoms with van der Waals surface area (Å²) in [6, 6.07) is 7.77. The van der Waals surface area contributed by atoms with Crippen LogP contribution in [0.3, 0.4) is 0 Å². The molecule has 1 aliphatic rings. The Morgan fingerprint density at radius 2 is 2.11 bits per heavy atom. The number of ether oxygens (including phenoxy) is 1. The first kappa shape index (κ1) is 12.9. The van der Waals surface area contributed by atoms with Gasteiger partial charge in [0.2, 0.25) is 0 Å². The van der Waals surface area contributed by atoms with E-state index in [-0.39, 0.29) is 17.9 Å². The smallest absolute Gasteiger partial charge is 0.122 e. The molecule has 0 radical (unpaired) electrons. The third-order valence-corrected chi connectivity index (χ3v) is 3.41. The zero-order valence-electron chi connectivity index (χ0n) is 10.5. The first-order chi connectivity index (χ1) is 8.65. The van der Waals surface area contributed by atoms with E-state index in [0.29, 0.717) is 19.4 Å². The predicted octanol–water partition coefficient (Wildman–Crippen LogP) is 1.71. The number of nitrogens with two attached hydrogens (primary N) is 1. The van der Waals surface area contributed by atoms with Crippen LogP contribution in [-0.2, 0) is 6.42 Å². The SMILES string of the molecule is N=C(N)CC1(COc2ccccc2CCO)CC1. The fourth-order valence-corrected chi connectivity index (χ4v) is 2.16. The molecule has 0 saturated heterocycles. The fourth-order valence-electron chi connectivity index (χ4n) is 2.16. The predicted molar refractivity (Wildman–Crippen MR) is 70.9 cm³/mol. The van der Waals surface area contributed by atoms with Gasteiger partial charge in [-0.1, -0.05) is 18.2 Å². The van der Waals surface area contributed by atoms with Crippen molar-refractivity contribution in [2.75, 3.05) is 13.2 Å². The molecule has 4 N–H and O–H groups in total. The molecular weight excluding hydrogens is 228 g/mol. The van der Waals surface area contributed by atoms with E-state index < -0.39 is 0 Å². The number of aliphatic hydroxyl groups is 1. The molecule has 1 saturated carbocycles. The molecule has 0 aromatic heterocycles. The van der Waals surface area contributed by atoms with Crippen LogP contribution in [0, 0.1) is 10.8 Å². The largest absolute Gasteiger partial charge is 0.493 e. The molecule has 0 atom stereocenters. The highest BCUT2D eigenvalue weighted by Gasteiger charge is 2.44. The maximum Gasteiger partial charge on any atom is 0.122 e. The summed E-state index contributed by atoms with van der Waals surface area (Å²) in [6.45, 7) is 0.730. The zero-order chi connectivity index (χ0) is 13.0. The molecule has 1 aliphatic carbocycles. The van der Waals surface area contributed by atoms with Gasteiger partial charge in [0.25, 0.3) is 0 Å². The van der Waals surface area contributed by atoms with Gasteiger partial charge >= 0.3 is 0 Å². The third kappa shape index (κ3) is 3.23. The molecule has 1 aromatic rings. The van der Waals surface area contributed by atoms with Crippen LogP contribution in [0.4, 0.5) is 0 Å². The van der Waals surface area contributed by atoms with E-state index in [1.165, 1.54) is 0 Å². The number of para-hydroxylation sites is 1. The molecule has 98 valence electrons. The Bertz CT molecular complexity index is 428. The second-order valence-corrected chi connectivity index (χ2v) is 5.07. The Hall–Kier alpha value is -1.55. The summed E-state index contributed by atoms with van der Waals surface area (Å²) in [5, 5.41) is 16.4. The van der Waals surface area contributed by atoms with E-state index >= 15 is 0 Å². The highest BCUT2D eigenvalue weighted by molar-refractivity contribution is 5.78. The van der Waals surface area contributed by atoms with Gasteiger partial charge in [-0.25, -0.2) is 0 Å². The first-order valence-corrected chi connectivity index (χ1v) is 6.30. The van der Waals surface area contributed by atoms with Crippen molar-refractivity contribution in [3.63, 3.8) is 0 Å². The van der Waals surface area contributed by atoms with Crippen molar-refractivity contribution >= 4 is 5.84 Å². The molecule has 18 heavy (non-hydrogen) atoms. The molecular formula is C14H20N2O2. The number of rotatable bonds is 7. The highest BCUT2D eigenvalue weighted by Crippen LogP contribution is 2.49. The molecule has 0 heterocycles. The monoisotopic (exact) mass is 248 g/mol. The van der Waals surface area contributed by atoms with Gasteiger partial charge in [0.15, 0.2) is 0 Å². The van der Waals surface area contributed by atoms with E-state index in [1.54, 1.807) is 0 Å². The Morgan fingerprint density at radius 3 is 2.72 bits per heavy atom. The number of hydrogen-bond acceptors (Lipinski definition) is 3. The van der Waals surface area contributed by atoms with E-state index in [4.69, 9.17) is 21.0 Å². The van der Waals surface area contributed by atoms with Crippen molar-refractivity contribution < 1.29 is 9.84 Å². The lowest BCUT2D eigenvalue weighted by Crippen LogP contribution is -2.22. The second-order valence-electron chi connectivity index (χ2n) is 5.07. The Labute approximate surface area is 107 Å². The lowest BCUT2D eigenvalue weighted by molar-refractivity contribution is 0.234. The van der Waals surface area contributed by atoms with Crippen molar-refractivity contribution in [3.8, 4) is 5.75 Å². The van der Waals surface area contributed by atoms with Crippen LogP contribution >= 0.6 is 0 Å². The minimum Gasteiger partial charge on any atom is -0.493 e. The van der Waals surface area contributed by atoms with Gasteiger partial charge in [-0.2, -0.15) is 0 Å². The zero-order valence-corrected chi connectivity index (χ0v) is 10.5. The van der Waals surface area contributed by atoms with Gasteiger partial charge in [-0.3, -0.25) is 5.41 Å². The summed E-state index contributed by atoms with van der Waals surface area (Å²) in [4.78, 5) is 0. The Balaban J connectivity index is 1.96. The summed E-state index contributed by atoms with van der Waals surface area (Å²) in [7, 11) is 0. The van der Waals surface area contributed by atoms with Gasteiger partial charge in [-0.15, -0.1) is 0 Å². The number of benzene rings is 1. The quantitative estimate of drug-likeness (QED) is 0.507. The van der Waals surface area contributed by atoms with Gasteiger partial charge in [0.1, 0.15) is 5.75 Å². The summed E-state index contributed by atoms with van der Waals surface area (Å²) < 4.78 is 5.85. The first-order valence-electron chi connectivity index (χ1n) is 6.30. The lowest BCUT2D eigenvalue weighted by atomic mass is 10.0. The number of nitrogens with one attached hydrogen (secondary N) is 1. The summed E-state index contributed by atoms with van der Waals surface area (Å²) in [5.74, 6) is 1.07. The van der Waals surface area contributed by atoms with E-state index in [0.717, 1.165) is 24.2 Å². The van der Waals surface area contributed by atoms with Crippen molar-refractivity contribution in [2.24, 2.45) is 11.1 Å². The summed E-state index contributed by atoms with van der Waals surface area (Å²) in [6.07, 6.45) is 3.38. The molecule has 1 fully saturated rings. The summed E-state index contributed by atoms with van der Waals surface area (Å²) in [5.41, 5.74) is 6.57. The van der Waals surface area contributed by atoms with Crippen molar-refractivity contribution in [2.45, 2.75) is 25.7 Å². The third-order valence-electron chi connectivity index (χ3n) is 3.41. The standard InChI is InChI=1S/C14H20N2O2/c15-13(16)9-14(6-7-14)10-18-12-4-2-1-3-11(12)5-8-17/h1-4,17H,5-10H2,(H3,15,16). The molecule has 1 aromatic carbocycles. The van der Waals surface area contributed by atoms with E-state index in [2.05, 4.69) is 0 Å². The molecule has 4 nitrogen and oxygen atoms in total. The van der Waals surface area contributed by atoms with Crippen LogP contribution in [0.1, 0.15) is 24.8 Å². The molecule has 0 amide bonds. The van der Waals surface area contributed by atoms with Crippen LogP contribution in [-0.4, -0.2) is 24.2 Å². The molecule has 0 unspecified atom stereocenters. The van der Waals surface area contributed by atoms with Crippen molar-refractivity contribution in [1.82, 2.24) is 0 Å². The lowest BCUT2D eigenvalue weighted by Gasteiger charge is -2.17. The van der Waals surface area contributed by atoms with Crippen LogP contribution in [0.5, 0.6) is 5.75 Å². The fraction of sp³-hybridized carbons (Fsp3) is 0.500. The maximum absolute atomic E-state index is 9.00. The minimum atomic E-state index is 0.0815. The number of aliphatic hydroxyl groups excluding tert-OH is 1. The second kappa shape index (κ2) is 5.40. The number of amidine groups is 1. The van der Waals surface area contributed by atoms with Crippen molar-refractivity contribution in [3.05, 3.63) is 29.8 Å². The average Bonchev–Trinajstić information content (AvgIpc) is 3.08. The summed E-state index contributed by atoms with van der Waals surface area (Å²) >= 11 is 0. The van der Waals surface area contributed by atoms with Crippen LogP contribution in [0.15, 0.2) is 24.3 Å². The van der Waals surface area contributed by atoms with Gasteiger partial charge in [0, 0.05) is 18.4 Å². The van der Waals surface area contributed by atoms with E-state index in [1.807, 2.05) is 24.3 Å². The van der Waals surface area contributed by atoms with Gasteiger partial charge in [0.05, 0.1) is 12.4 Å². The highest BCUT2D eigenvalue weighted by atomic mass is 16.5. The number of hydrogen-bond donors (Lipinski definition) is 3. The molecule has 0 spiro atoms. The maximum atomic E-state index is 9.00. The van der Waals surface area contributed by atoms with Crippen LogP contribution < -0.4 is 10.5 Å². The molecule has 0 bridgehead atoms. The molecule has 2 rings (SSSR count). The van der Waals surface area contributed by atoms with Crippen molar-refractivity contribution in [1.29, 1.82) is 5.41 Å². The average molecular weight is 248 g/mol. The topological polar surface area (TPSA) is 79.3 Å². The van der Waals surface area contributed by atoms with Crippen LogP contribution in [0.2, 0.25) is 0 Å². The van der Waals surface area contributed by atoms with Gasteiger partial charge in [-0.05, 0) is 30.9 Å². The minimum absolute atomic E-state index is 0.0815. The Morgan fingerprint density at radius 1 is 1.39 bits per heavy atom. The van der Waals surface area contributed by atoms with E-state index in [9.17, 15) is 0 Å². The normalized spacial score (nSPS) is 16.3. The Kier molecular flexibility index (Phi) is 3.87. The van der Waals surface area contributed by atoms with Gasteiger partial charge < -0.3 is 15.6 Å². The van der Waals surface area contributed by atoms with Crippen LogP contribution in [0.25, 0.3) is 0 Å².